The van der Waals surface area contributed by atoms with Crippen LogP contribution in [0.5, 0.6) is 0 Å². The molecule has 2 bridgehead atoms. The van der Waals surface area contributed by atoms with Gasteiger partial charge in [-0.3, -0.25) is 0 Å². The van der Waals surface area contributed by atoms with Crippen LogP contribution in [-0.2, 0) is 10.0 Å². The summed E-state index contributed by atoms with van der Waals surface area (Å²) in [4.78, 5) is 11.2. The lowest BCUT2D eigenvalue weighted by Crippen LogP contribution is -2.37. The Morgan fingerprint density at radius 1 is 1.35 bits per heavy atom. The number of carboxylic acid groups (broad SMARTS) is 1. The van der Waals surface area contributed by atoms with Crippen molar-refractivity contribution < 1.29 is 18.3 Å². The van der Waals surface area contributed by atoms with Crippen LogP contribution in [0, 0.1) is 12.8 Å². The summed E-state index contributed by atoms with van der Waals surface area (Å²) < 4.78 is 26.8. The lowest BCUT2D eigenvalue weighted by atomic mass is 10.1. The number of nitrogens with zero attached hydrogens (tertiary/aromatic N) is 1. The number of hydrogen-bond donors (Lipinski definition) is 1. The number of carboxylic acids is 1. The summed E-state index contributed by atoms with van der Waals surface area (Å²) in [5, 5.41) is 9.12. The molecule has 3 rings (SSSR count). The minimum Gasteiger partial charge on any atom is -0.478 e. The molecule has 108 valence electrons. The number of rotatable bonds is 3. The molecule has 0 radical (unpaired) electrons. The van der Waals surface area contributed by atoms with Crippen LogP contribution in [0.1, 0.15) is 35.2 Å². The van der Waals surface area contributed by atoms with Crippen molar-refractivity contribution in [2.75, 3.05) is 6.54 Å². The first-order chi connectivity index (χ1) is 9.39. The summed E-state index contributed by atoms with van der Waals surface area (Å²) in [6.45, 7) is 2.24. The van der Waals surface area contributed by atoms with E-state index in [-0.39, 0.29) is 16.5 Å². The maximum Gasteiger partial charge on any atom is 0.335 e. The highest BCUT2D eigenvalue weighted by Gasteiger charge is 2.44. The van der Waals surface area contributed by atoms with Gasteiger partial charge in [-0.2, -0.15) is 4.31 Å². The van der Waals surface area contributed by atoms with Gasteiger partial charge in [0.15, 0.2) is 0 Å². The van der Waals surface area contributed by atoms with Crippen LogP contribution < -0.4 is 0 Å². The molecule has 0 spiro atoms. The van der Waals surface area contributed by atoms with Crippen molar-refractivity contribution >= 4 is 16.0 Å². The van der Waals surface area contributed by atoms with Gasteiger partial charge < -0.3 is 5.11 Å². The predicted molar refractivity (Wildman–Crippen MR) is 73.2 cm³/mol. The van der Waals surface area contributed by atoms with Gasteiger partial charge in [-0.05, 0) is 49.8 Å². The molecular weight excluding hydrogens is 278 g/mol. The van der Waals surface area contributed by atoms with Crippen LogP contribution in [0.25, 0.3) is 0 Å². The van der Waals surface area contributed by atoms with Crippen molar-refractivity contribution in [1.82, 2.24) is 4.31 Å². The Kier molecular flexibility index (Phi) is 3.10. The highest BCUT2D eigenvalue weighted by molar-refractivity contribution is 7.89. The van der Waals surface area contributed by atoms with Gasteiger partial charge in [0, 0.05) is 12.6 Å². The van der Waals surface area contributed by atoms with Gasteiger partial charge in [0.25, 0.3) is 0 Å². The zero-order valence-electron chi connectivity index (χ0n) is 11.2. The van der Waals surface area contributed by atoms with Gasteiger partial charge in [0.2, 0.25) is 10.0 Å². The zero-order valence-corrected chi connectivity index (χ0v) is 12.1. The van der Waals surface area contributed by atoms with Crippen LogP contribution in [0.2, 0.25) is 0 Å². The van der Waals surface area contributed by atoms with E-state index < -0.39 is 16.0 Å². The summed E-state index contributed by atoms with van der Waals surface area (Å²) in [6.07, 6.45) is 2.96. The molecule has 0 amide bonds. The second-order valence-electron chi connectivity index (χ2n) is 5.69. The first-order valence-corrected chi connectivity index (χ1v) is 8.19. The summed E-state index contributed by atoms with van der Waals surface area (Å²) in [6, 6.07) is 4.44. The molecule has 2 fully saturated rings. The van der Waals surface area contributed by atoms with Gasteiger partial charge >= 0.3 is 5.97 Å². The van der Waals surface area contributed by atoms with E-state index in [0.29, 0.717) is 18.0 Å². The maximum absolute atomic E-state index is 12.6. The molecule has 1 aliphatic heterocycles. The van der Waals surface area contributed by atoms with E-state index in [9.17, 15) is 13.2 Å². The third-order valence-electron chi connectivity index (χ3n) is 4.40. The average molecular weight is 295 g/mol. The van der Waals surface area contributed by atoms with E-state index in [1.165, 1.54) is 12.1 Å². The van der Waals surface area contributed by atoms with Crippen LogP contribution in [0.3, 0.4) is 0 Å². The second kappa shape index (κ2) is 4.56. The van der Waals surface area contributed by atoms with E-state index in [0.717, 1.165) is 19.3 Å². The number of carbonyl (C=O) groups is 1. The first-order valence-electron chi connectivity index (χ1n) is 6.75. The smallest absolute Gasteiger partial charge is 0.335 e. The summed E-state index contributed by atoms with van der Waals surface area (Å²) in [5.41, 5.74) is 0.620. The minimum absolute atomic E-state index is 0.0513. The third kappa shape index (κ3) is 2.03. The number of piperidine rings is 1. The Labute approximate surface area is 118 Å². The van der Waals surface area contributed by atoms with Crippen molar-refractivity contribution in [3.8, 4) is 0 Å². The predicted octanol–water partition coefficient (Wildman–Crippen LogP) is 1.87. The standard InChI is InChI=1S/C14H17NO4S/c1-9-2-5-12(7-13(9)14(16)17)20(18,19)15-8-10-3-4-11(15)6-10/h2,5,7,10-11H,3-4,6,8H2,1H3,(H,16,17). The lowest BCUT2D eigenvalue weighted by Gasteiger charge is -2.26. The Bertz CT molecular complexity index is 668. The van der Waals surface area contributed by atoms with Crippen LogP contribution in [-0.4, -0.2) is 36.4 Å². The van der Waals surface area contributed by atoms with Crippen LogP contribution >= 0.6 is 0 Å². The van der Waals surface area contributed by atoms with Crippen molar-refractivity contribution in [3.05, 3.63) is 29.3 Å². The highest BCUT2D eigenvalue weighted by atomic mass is 32.2. The Hall–Kier alpha value is -1.40. The molecule has 1 aromatic carbocycles. The molecule has 1 heterocycles. The largest absolute Gasteiger partial charge is 0.478 e. The maximum atomic E-state index is 12.6. The molecule has 1 saturated heterocycles. The fraction of sp³-hybridized carbons (Fsp3) is 0.500. The first kappa shape index (κ1) is 13.6. The third-order valence-corrected chi connectivity index (χ3v) is 6.32. The number of aryl methyl sites for hydroxylation is 1. The summed E-state index contributed by atoms with van der Waals surface area (Å²) in [7, 11) is -3.57. The second-order valence-corrected chi connectivity index (χ2v) is 7.58. The van der Waals surface area contributed by atoms with Gasteiger partial charge in [-0.1, -0.05) is 6.07 Å². The Morgan fingerprint density at radius 3 is 2.65 bits per heavy atom. The number of sulfonamides is 1. The molecule has 1 aliphatic carbocycles. The molecule has 1 aromatic rings. The van der Waals surface area contributed by atoms with E-state index >= 15 is 0 Å². The lowest BCUT2D eigenvalue weighted by molar-refractivity contribution is 0.0696. The molecular formula is C14H17NO4S. The molecule has 2 aliphatic rings. The number of fused-ring (bicyclic) bond motifs is 2. The Morgan fingerprint density at radius 2 is 2.10 bits per heavy atom. The van der Waals surface area contributed by atoms with E-state index in [4.69, 9.17) is 5.11 Å². The van der Waals surface area contributed by atoms with Crippen LogP contribution in [0.15, 0.2) is 23.1 Å². The molecule has 1 N–H and O–H groups in total. The monoisotopic (exact) mass is 295 g/mol. The molecule has 20 heavy (non-hydrogen) atoms. The fourth-order valence-electron chi connectivity index (χ4n) is 3.30. The van der Waals surface area contributed by atoms with Crippen molar-refractivity contribution in [2.45, 2.75) is 37.1 Å². The van der Waals surface area contributed by atoms with Gasteiger partial charge in [0.05, 0.1) is 10.5 Å². The summed E-state index contributed by atoms with van der Waals surface area (Å²) >= 11 is 0. The normalized spacial score (nSPS) is 26.1. The van der Waals surface area contributed by atoms with Crippen molar-refractivity contribution in [1.29, 1.82) is 0 Å². The molecule has 1 saturated carbocycles. The summed E-state index contributed by atoms with van der Waals surface area (Å²) in [5.74, 6) is -0.623. The van der Waals surface area contributed by atoms with Gasteiger partial charge in [-0.25, -0.2) is 13.2 Å². The van der Waals surface area contributed by atoms with Gasteiger partial charge in [0.1, 0.15) is 0 Å². The molecule has 6 heteroatoms. The fourth-order valence-corrected chi connectivity index (χ4v) is 5.07. The van der Waals surface area contributed by atoms with E-state index in [1.807, 2.05) is 0 Å². The minimum atomic E-state index is -3.57. The SMILES string of the molecule is Cc1ccc(S(=O)(=O)N2CC3CCC2C3)cc1C(=O)O. The Balaban J connectivity index is 2.00. The highest BCUT2D eigenvalue weighted by Crippen LogP contribution is 2.40. The van der Waals surface area contributed by atoms with E-state index in [1.54, 1.807) is 17.3 Å². The van der Waals surface area contributed by atoms with Gasteiger partial charge in [-0.15, -0.1) is 0 Å². The number of aromatic carboxylic acids is 1. The molecule has 0 aromatic heterocycles. The van der Waals surface area contributed by atoms with Crippen LogP contribution in [0.4, 0.5) is 0 Å². The molecule has 2 atom stereocenters. The molecule has 5 nitrogen and oxygen atoms in total. The van der Waals surface area contributed by atoms with Crippen molar-refractivity contribution in [3.63, 3.8) is 0 Å². The average Bonchev–Trinajstić information content (AvgIpc) is 3.01. The zero-order chi connectivity index (χ0) is 14.5. The quantitative estimate of drug-likeness (QED) is 0.923. The topological polar surface area (TPSA) is 74.7 Å². The van der Waals surface area contributed by atoms with Crippen molar-refractivity contribution in [2.24, 2.45) is 5.92 Å². The number of benzene rings is 1. The van der Waals surface area contributed by atoms with E-state index in [2.05, 4.69) is 0 Å². The number of hydrogen-bond acceptors (Lipinski definition) is 3. The molecule has 2 unspecified atom stereocenters.